The largest absolute Gasteiger partial charge is 0.387 e. The molecule has 0 saturated heterocycles. The Kier molecular flexibility index (Phi) is 3.80. The van der Waals surface area contributed by atoms with E-state index < -0.39 is 6.10 Å². The third-order valence-electron chi connectivity index (χ3n) is 2.09. The molecule has 2 aromatic rings. The number of hydrogen-bond acceptors (Lipinski definition) is 3. The number of nitrogens with one attached hydrogen (secondary N) is 1. The van der Waals surface area contributed by atoms with E-state index in [1.54, 1.807) is 13.1 Å². The SMILES string of the molecule is CC.Cc1[nH]nc2c(C(C)O)nccc12. The first-order chi connectivity index (χ1) is 7.20. The molecule has 1 unspecified atom stereocenters. The van der Waals surface area contributed by atoms with Crippen molar-refractivity contribution < 1.29 is 5.11 Å². The van der Waals surface area contributed by atoms with Gasteiger partial charge in [0.1, 0.15) is 5.52 Å². The van der Waals surface area contributed by atoms with E-state index in [1.165, 1.54) is 0 Å². The van der Waals surface area contributed by atoms with Gasteiger partial charge in [-0.2, -0.15) is 5.10 Å². The van der Waals surface area contributed by atoms with Crippen molar-refractivity contribution in [1.29, 1.82) is 0 Å². The van der Waals surface area contributed by atoms with E-state index in [9.17, 15) is 5.11 Å². The smallest absolute Gasteiger partial charge is 0.116 e. The number of aliphatic hydroxyl groups excluding tert-OH is 1. The first-order valence-electron chi connectivity index (χ1n) is 5.18. The second-order valence-electron chi connectivity index (χ2n) is 3.12. The number of H-pyrrole nitrogens is 1. The van der Waals surface area contributed by atoms with Crippen LogP contribution in [-0.4, -0.2) is 20.3 Å². The van der Waals surface area contributed by atoms with E-state index in [2.05, 4.69) is 15.2 Å². The summed E-state index contributed by atoms with van der Waals surface area (Å²) in [6, 6.07) is 1.89. The van der Waals surface area contributed by atoms with Gasteiger partial charge in [0.2, 0.25) is 0 Å². The number of aromatic nitrogens is 3. The van der Waals surface area contributed by atoms with Crippen LogP contribution >= 0.6 is 0 Å². The molecule has 0 aliphatic heterocycles. The standard InChI is InChI=1S/C9H11N3O.C2H6/c1-5-7-3-4-10-8(6(2)13)9(7)12-11-5;1-2/h3-4,6,13H,1-2H3,(H,11,12);1-2H3. The zero-order valence-corrected chi connectivity index (χ0v) is 9.57. The van der Waals surface area contributed by atoms with E-state index in [0.29, 0.717) is 5.69 Å². The van der Waals surface area contributed by atoms with Crippen LogP contribution in [0.5, 0.6) is 0 Å². The van der Waals surface area contributed by atoms with Gasteiger partial charge in [-0.1, -0.05) is 13.8 Å². The molecule has 0 radical (unpaired) electrons. The number of aromatic amines is 1. The Balaban J connectivity index is 0.000000531. The van der Waals surface area contributed by atoms with Crippen molar-refractivity contribution in [2.24, 2.45) is 0 Å². The van der Waals surface area contributed by atoms with E-state index in [-0.39, 0.29) is 0 Å². The zero-order valence-electron chi connectivity index (χ0n) is 9.57. The highest BCUT2D eigenvalue weighted by atomic mass is 16.3. The zero-order chi connectivity index (χ0) is 11.4. The lowest BCUT2D eigenvalue weighted by molar-refractivity contribution is 0.196. The van der Waals surface area contributed by atoms with Crippen molar-refractivity contribution in [2.45, 2.75) is 33.8 Å². The molecule has 15 heavy (non-hydrogen) atoms. The average Bonchev–Trinajstić information content (AvgIpc) is 2.63. The van der Waals surface area contributed by atoms with Gasteiger partial charge in [-0.15, -0.1) is 0 Å². The lowest BCUT2D eigenvalue weighted by atomic mass is 10.1. The highest BCUT2D eigenvalue weighted by Crippen LogP contribution is 2.21. The minimum absolute atomic E-state index is 0.577. The third-order valence-corrected chi connectivity index (χ3v) is 2.09. The van der Waals surface area contributed by atoms with Crippen molar-refractivity contribution in [3.63, 3.8) is 0 Å². The molecule has 82 valence electrons. The summed E-state index contributed by atoms with van der Waals surface area (Å²) in [6.45, 7) is 7.63. The molecule has 4 heteroatoms. The molecule has 2 aromatic heterocycles. The van der Waals surface area contributed by atoms with E-state index >= 15 is 0 Å². The Bertz CT molecular complexity index is 434. The predicted molar refractivity (Wildman–Crippen MR) is 60.6 cm³/mol. The normalized spacial score (nSPS) is 12.1. The number of fused-ring (bicyclic) bond motifs is 1. The molecule has 1 atom stereocenters. The summed E-state index contributed by atoms with van der Waals surface area (Å²) in [6.07, 6.45) is 1.11. The van der Waals surface area contributed by atoms with Crippen molar-refractivity contribution in [2.75, 3.05) is 0 Å². The van der Waals surface area contributed by atoms with Crippen LogP contribution < -0.4 is 0 Å². The van der Waals surface area contributed by atoms with Gasteiger partial charge < -0.3 is 5.11 Å². The maximum absolute atomic E-state index is 9.41. The van der Waals surface area contributed by atoms with Crippen molar-refractivity contribution in [3.05, 3.63) is 23.7 Å². The quantitative estimate of drug-likeness (QED) is 0.754. The molecule has 0 aliphatic rings. The number of rotatable bonds is 1. The highest BCUT2D eigenvalue weighted by molar-refractivity contribution is 5.82. The van der Waals surface area contributed by atoms with Gasteiger partial charge in [-0.25, -0.2) is 0 Å². The van der Waals surface area contributed by atoms with Crippen LogP contribution in [-0.2, 0) is 0 Å². The summed E-state index contributed by atoms with van der Waals surface area (Å²) in [5.74, 6) is 0. The van der Waals surface area contributed by atoms with E-state index in [1.807, 2.05) is 26.8 Å². The molecule has 2 rings (SSSR count). The Labute approximate surface area is 89.4 Å². The Hall–Kier alpha value is -1.42. The fourth-order valence-electron chi connectivity index (χ4n) is 1.40. The van der Waals surface area contributed by atoms with Gasteiger partial charge >= 0.3 is 0 Å². The Morgan fingerprint density at radius 3 is 2.67 bits per heavy atom. The molecule has 0 amide bonds. The minimum atomic E-state index is -0.577. The van der Waals surface area contributed by atoms with Crippen LogP contribution in [0.25, 0.3) is 10.9 Å². The van der Waals surface area contributed by atoms with Crippen LogP contribution in [0.4, 0.5) is 0 Å². The maximum Gasteiger partial charge on any atom is 0.116 e. The number of hydrogen-bond donors (Lipinski definition) is 2. The van der Waals surface area contributed by atoms with Crippen molar-refractivity contribution >= 4 is 10.9 Å². The predicted octanol–water partition coefficient (Wildman–Crippen LogP) is 2.35. The monoisotopic (exact) mass is 207 g/mol. The summed E-state index contributed by atoms with van der Waals surface area (Å²) >= 11 is 0. The summed E-state index contributed by atoms with van der Waals surface area (Å²) in [7, 11) is 0. The van der Waals surface area contributed by atoms with Gasteiger partial charge in [-0.3, -0.25) is 10.1 Å². The summed E-state index contributed by atoms with van der Waals surface area (Å²) in [4.78, 5) is 4.09. The molecule has 0 saturated carbocycles. The molecule has 0 spiro atoms. The first kappa shape index (κ1) is 11.7. The molecule has 0 fully saturated rings. The van der Waals surface area contributed by atoms with Gasteiger partial charge in [0.15, 0.2) is 0 Å². The van der Waals surface area contributed by atoms with Crippen LogP contribution in [0.3, 0.4) is 0 Å². The maximum atomic E-state index is 9.41. The second kappa shape index (κ2) is 4.89. The Morgan fingerprint density at radius 1 is 1.40 bits per heavy atom. The molecule has 0 aliphatic carbocycles. The lowest BCUT2D eigenvalue weighted by Gasteiger charge is -2.02. The minimum Gasteiger partial charge on any atom is -0.387 e. The van der Waals surface area contributed by atoms with Gasteiger partial charge in [0, 0.05) is 17.3 Å². The van der Waals surface area contributed by atoms with E-state index in [0.717, 1.165) is 16.6 Å². The second-order valence-corrected chi connectivity index (χ2v) is 3.12. The van der Waals surface area contributed by atoms with Crippen LogP contribution in [0, 0.1) is 6.92 Å². The summed E-state index contributed by atoms with van der Waals surface area (Å²) < 4.78 is 0. The van der Waals surface area contributed by atoms with Gasteiger partial charge in [-0.05, 0) is 19.9 Å². The number of nitrogens with zero attached hydrogens (tertiary/aromatic N) is 2. The molecular weight excluding hydrogens is 190 g/mol. The number of aryl methyl sites for hydroxylation is 1. The fraction of sp³-hybridized carbons (Fsp3) is 0.455. The topological polar surface area (TPSA) is 61.8 Å². The number of aliphatic hydroxyl groups is 1. The molecule has 4 nitrogen and oxygen atoms in total. The molecule has 0 bridgehead atoms. The van der Waals surface area contributed by atoms with E-state index in [4.69, 9.17) is 0 Å². The number of pyridine rings is 1. The van der Waals surface area contributed by atoms with Crippen molar-refractivity contribution in [3.8, 4) is 0 Å². The van der Waals surface area contributed by atoms with Crippen molar-refractivity contribution in [1.82, 2.24) is 15.2 Å². The molecular formula is C11H17N3O. The molecule has 2 heterocycles. The van der Waals surface area contributed by atoms with Gasteiger partial charge in [0.25, 0.3) is 0 Å². The first-order valence-corrected chi connectivity index (χ1v) is 5.18. The summed E-state index contributed by atoms with van der Waals surface area (Å²) in [5, 5.41) is 17.4. The summed E-state index contributed by atoms with van der Waals surface area (Å²) in [5.41, 5.74) is 2.39. The van der Waals surface area contributed by atoms with Gasteiger partial charge in [0.05, 0.1) is 11.8 Å². The van der Waals surface area contributed by atoms with Crippen LogP contribution in [0.2, 0.25) is 0 Å². The lowest BCUT2D eigenvalue weighted by Crippen LogP contribution is -1.95. The average molecular weight is 207 g/mol. The molecule has 0 aromatic carbocycles. The molecule has 2 N–H and O–H groups in total. The van der Waals surface area contributed by atoms with Crippen LogP contribution in [0.1, 0.15) is 38.3 Å². The van der Waals surface area contributed by atoms with Crippen LogP contribution in [0.15, 0.2) is 12.3 Å². The third kappa shape index (κ3) is 2.15. The fourth-order valence-corrected chi connectivity index (χ4v) is 1.40. The highest BCUT2D eigenvalue weighted by Gasteiger charge is 2.11. The Morgan fingerprint density at radius 2 is 2.07 bits per heavy atom.